The van der Waals surface area contributed by atoms with Crippen molar-refractivity contribution in [2.24, 2.45) is 5.10 Å². The third kappa shape index (κ3) is 2.74. The Labute approximate surface area is 163 Å². The zero-order valence-corrected chi connectivity index (χ0v) is 15.9. The van der Waals surface area contributed by atoms with Crippen molar-refractivity contribution in [3.63, 3.8) is 0 Å². The molecule has 0 spiro atoms. The molecule has 2 N–H and O–H groups in total. The van der Waals surface area contributed by atoms with Crippen LogP contribution in [0.25, 0.3) is 0 Å². The summed E-state index contributed by atoms with van der Waals surface area (Å²) in [6, 6.07) is 11.6. The van der Waals surface area contributed by atoms with Gasteiger partial charge in [-0.15, -0.1) is 0 Å². The molecule has 0 aliphatic carbocycles. The highest BCUT2D eigenvalue weighted by Gasteiger charge is 2.39. The molecule has 2 heterocycles. The number of fused-ring (bicyclic) bond motifs is 2. The van der Waals surface area contributed by atoms with Gasteiger partial charge in [-0.3, -0.25) is 4.79 Å². The van der Waals surface area contributed by atoms with E-state index in [2.05, 4.69) is 11.2 Å². The Balaban J connectivity index is 2.00. The smallest absolute Gasteiger partial charge is 0.241 e. The second-order valence-electron chi connectivity index (χ2n) is 7.28. The Morgan fingerprint density at radius 1 is 1.29 bits per heavy atom. The molecule has 2 aromatic rings. The van der Waals surface area contributed by atoms with Crippen LogP contribution in [0.1, 0.15) is 36.1 Å². The van der Waals surface area contributed by atoms with Gasteiger partial charge in [-0.25, -0.2) is 5.01 Å². The van der Waals surface area contributed by atoms with E-state index in [-0.39, 0.29) is 12.7 Å². The first-order chi connectivity index (χ1) is 13.3. The minimum atomic E-state index is -1.13. The zero-order chi connectivity index (χ0) is 20.1. The zero-order valence-electron chi connectivity index (χ0n) is 15.9. The average Bonchev–Trinajstić information content (AvgIpc) is 3.06. The summed E-state index contributed by atoms with van der Waals surface area (Å²) >= 11 is 0. The third-order valence-corrected chi connectivity index (χ3v) is 5.14. The number of nitriles is 1. The van der Waals surface area contributed by atoms with Crippen molar-refractivity contribution in [1.82, 2.24) is 5.01 Å². The van der Waals surface area contributed by atoms with Crippen molar-refractivity contribution in [1.29, 1.82) is 5.26 Å². The number of nitrogens with zero attached hydrogens (tertiary/aromatic N) is 3. The van der Waals surface area contributed by atoms with Gasteiger partial charge in [0.25, 0.3) is 0 Å². The number of benzene rings is 2. The molecule has 7 heteroatoms. The first-order valence-corrected chi connectivity index (χ1v) is 8.92. The molecule has 7 nitrogen and oxygen atoms in total. The molecule has 1 atom stereocenters. The molecule has 4 rings (SSSR count). The molecule has 2 aliphatic rings. The van der Waals surface area contributed by atoms with Crippen molar-refractivity contribution in [2.75, 3.05) is 12.5 Å². The summed E-state index contributed by atoms with van der Waals surface area (Å²) in [4.78, 5) is 12.4. The highest BCUT2D eigenvalue weighted by atomic mass is 16.7. The molecule has 0 radical (unpaired) electrons. The summed E-state index contributed by atoms with van der Waals surface area (Å²) in [5, 5.41) is 15.8. The number of carbonyl (C=O) groups excluding carboxylic acids is 1. The number of nitrogens with two attached hydrogens (primary N) is 1. The van der Waals surface area contributed by atoms with Crippen molar-refractivity contribution >= 4 is 17.3 Å². The standard InChI is InChI=1S/C21H20N4O3/c1-12-6-14(4-5-17(12)23)20-16-8-19-18(27-11-28-19)7-15(16)9-21(3,10-22)25(24-20)13(2)26/h4-8H,9,11,23H2,1-3H3. The van der Waals surface area contributed by atoms with E-state index in [9.17, 15) is 10.1 Å². The molecule has 28 heavy (non-hydrogen) atoms. The Bertz CT molecular complexity index is 1070. The van der Waals surface area contributed by atoms with Gasteiger partial charge in [-0.05, 0) is 49.2 Å². The largest absolute Gasteiger partial charge is 0.454 e. The summed E-state index contributed by atoms with van der Waals surface area (Å²) in [5.74, 6) is 0.943. The monoisotopic (exact) mass is 376 g/mol. The summed E-state index contributed by atoms with van der Waals surface area (Å²) in [6.07, 6.45) is 0.315. The number of ether oxygens (including phenoxy) is 2. The molecule has 142 valence electrons. The topological polar surface area (TPSA) is 101 Å². The maximum absolute atomic E-state index is 12.4. The number of hydrogen-bond acceptors (Lipinski definition) is 6. The lowest BCUT2D eigenvalue weighted by atomic mass is 9.88. The van der Waals surface area contributed by atoms with E-state index in [1.54, 1.807) is 6.92 Å². The van der Waals surface area contributed by atoms with Gasteiger partial charge in [0.15, 0.2) is 17.0 Å². The number of carbonyl (C=O) groups is 1. The molecular weight excluding hydrogens is 356 g/mol. The van der Waals surface area contributed by atoms with Gasteiger partial charge in [0.2, 0.25) is 12.7 Å². The number of rotatable bonds is 1. The Morgan fingerprint density at radius 3 is 2.64 bits per heavy atom. The first-order valence-electron chi connectivity index (χ1n) is 8.92. The fourth-order valence-electron chi connectivity index (χ4n) is 3.60. The van der Waals surface area contributed by atoms with Gasteiger partial charge >= 0.3 is 0 Å². The lowest BCUT2D eigenvalue weighted by Crippen LogP contribution is -2.46. The summed E-state index contributed by atoms with van der Waals surface area (Å²) in [6.45, 7) is 5.19. The van der Waals surface area contributed by atoms with Crippen LogP contribution in [-0.4, -0.2) is 29.0 Å². The van der Waals surface area contributed by atoms with E-state index in [0.717, 1.165) is 22.3 Å². The van der Waals surface area contributed by atoms with E-state index in [0.29, 0.717) is 29.3 Å². The Hall–Kier alpha value is -3.53. The molecule has 0 fully saturated rings. The molecular formula is C21H20N4O3. The molecule has 2 aliphatic heterocycles. The van der Waals surface area contributed by atoms with Gasteiger partial charge in [-0.2, -0.15) is 10.4 Å². The van der Waals surface area contributed by atoms with Crippen LogP contribution in [0.2, 0.25) is 0 Å². The normalized spacial score (nSPS) is 20.1. The number of amides is 1. The first kappa shape index (κ1) is 17.9. The SMILES string of the molecule is CC(=O)N1N=C(c2ccc(N)c(C)c2)c2cc3c(cc2CC1(C)C#N)OCO3. The van der Waals surface area contributed by atoms with Crippen LogP contribution in [0.4, 0.5) is 5.69 Å². The van der Waals surface area contributed by atoms with Crippen LogP contribution < -0.4 is 15.2 Å². The minimum Gasteiger partial charge on any atom is -0.454 e. The molecule has 0 saturated carbocycles. The Morgan fingerprint density at radius 2 is 2.00 bits per heavy atom. The second-order valence-corrected chi connectivity index (χ2v) is 7.28. The number of aryl methyl sites for hydroxylation is 1. The summed E-state index contributed by atoms with van der Waals surface area (Å²) < 4.78 is 11.1. The van der Waals surface area contributed by atoms with Crippen LogP contribution >= 0.6 is 0 Å². The van der Waals surface area contributed by atoms with Crippen molar-refractivity contribution in [3.8, 4) is 17.6 Å². The van der Waals surface area contributed by atoms with Gasteiger partial charge in [0.1, 0.15) is 0 Å². The van der Waals surface area contributed by atoms with E-state index in [1.807, 2.05) is 37.3 Å². The number of hydrogen-bond donors (Lipinski definition) is 1. The predicted molar refractivity (Wildman–Crippen MR) is 104 cm³/mol. The minimum absolute atomic E-state index is 0.154. The number of hydrazone groups is 1. The average molecular weight is 376 g/mol. The van der Waals surface area contributed by atoms with Gasteiger partial charge in [0, 0.05) is 30.2 Å². The Kier molecular flexibility index (Phi) is 4.00. The van der Waals surface area contributed by atoms with Gasteiger partial charge < -0.3 is 15.2 Å². The van der Waals surface area contributed by atoms with Crippen LogP contribution in [-0.2, 0) is 11.2 Å². The van der Waals surface area contributed by atoms with Gasteiger partial charge in [0.05, 0.1) is 11.8 Å². The van der Waals surface area contributed by atoms with E-state index < -0.39 is 5.54 Å². The lowest BCUT2D eigenvalue weighted by molar-refractivity contribution is -0.132. The molecule has 0 bridgehead atoms. The van der Waals surface area contributed by atoms with Crippen LogP contribution in [0, 0.1) is 18.3 Å². The van der Waals surface area contributed by atoms with Crippen molar-refractivity contribution < 1.29 is 14.3 Å². The summed E-state index contributed by atoms with van der Waals surface area (Å²) in [7, 11) is 0. The quantitative estimate of drug-likeness (QED) is 0.771. The van der Waals surface area contributed by atoms with Crippen molar-refractivity contribution in [2.45, 2.75) is 32.7 Å². The third-order valence-electron chi connectivity index (χ3n) is 5.14. The van der Waals surface area contributed by atoms with Crippen LogP contribution in [0.3, 0.4) is 0 Å². The predicted octanol–water partition coefficient (Wildman–Crippen LogP) is 2.75. The van der Waals surface area contributed by atoms with Crippen LogP contribution in [0.15, 0.2) is 35.4 Å². The van der Waals surface area contributed by atoms with Gasteiger partial charge in [-0.1, -0.05) is 6.07 Å². The fourth-order valence-corrected chi connectivity index (χ4v) is 3.60. The maximum atomic E-state index is 12.4. The number of anilines is 1. The maximum Gasteiger partial charge on any atom is 0.241 e. The summed E-state index contributed by atoms with van der Waals surface area (Å²) in [5.41, 5.74) is 9.49. The highest BCUT2D eigenvalue weighted by molar-refractivity contribution is 6.15. The highest BCUT2D eigenvalue weighted by Crippen LogP contribution is 2.39. The van der Waals surface area contributed by atoms with Crippen molar-refractivity contribution in [3.05, 3.63) is 52.6 Å². The molecule has 2 aromatic carbocycles. The van der Waals surface area contributed by atoms with E-state index in [1.165, 1.54) is 11.9 Å². The van der Waals surface area contributed by atoms with Crippen LogP contribution in [0.5, 0.6) is 11.5 Å². The lowest BCUT2D eigenvalue weighted by Gasteiger charge is -2.29. The fraction of sp³-hybridized carbons (Fsp3) is 0.286. The molecule has 0 saturated heterocycles. The molecule has 1 amide bonds. The van der Waals surface area contributed by atoms with E-state index >= 15 is 0 Å². The molecule has 1 unspecified atom stereocenters. The second kappa shape index (κ2) is 6.27. The molecule has 0 aromatic heterocycles. The van der Waals surface area contributed by atoms with E-state index in [4.69, 9.17) is 15.2 Å². The number of nitrogen functional groups attached to an aromatic ring is 1.